The molecule has 2 heterocycles. The van der Waals surface area contributed by atoms with Crippen LogP contribution in [0.25, 0.3) is 5.52 Å². The van der Waals surface area contributed by atoms with Crippen molar-refractivity contribution >= 4 is 11.8 Å². The van der Waals surface area contributed by atoms with E-state index in [1.807, 2.05) is 24.5 Å². The number of aromatic nitrogens is 2. The standard InChI is InChI=1S/C12H14N2O/c1-9(2)12-13-7-11-4-3-10(5-6-15)8-14(11)12/h3-4,6-9H,5H2,1-2H3. The maximum Gasteiger partial charge on any atom is 0.124 e. The molecule has 0 amide bonds. The molecule has 0 aliphatic carbocycles. The first kappa shape index (κ1) is 9.90. The normalized spacial score (nSPS) is 11.1. The molecule has 0 spiro atoms. The average Bonchev–Trinajstić information content (AvgIpc) is 2.61. The molecule has 2 aromatic heterocycles. The maximum atomic E-state index is 10.4. The molecule has 78 valence electrons. The third-order valence-corrected chi connectivity index (χ3v) is 2.45. The number of hydrogen-bond donors (Lipinski definition) is 0. The van der Waals surface area contributed by atoms with Gasteiger partial charge in [0.1, 0.15) is 12.1 Å². The van der Waals surface area contributed by atoms with Gasteiger partial charge in [-0.25, -0.2) is 4.98 Å². The second-order valence-corrected chi connectivity index (χ2v) is 3.97. The van der Waals surface area contributed by atoms with Gasteiger partial charge in [-0.05, 0) is 11.6 Å². The molecule has 0 saturated carbocycles. The lowest BCUT2D eigenvalue weighted by Crippen LogP contribution is -1.98. The summed E-state index contributed by atoms with van der Waals surface area (Å²) in [4.78, 5) is 14.8. The van der Waals surface area contributed by atoms with E-state index in [0.29, 0.717) is 12.3 Å². The number of carbonyl (C=O) groups excluding carboxylic acids is 1. The molecule has 2 rings (SSSR count). The van der Waals surface area contributed by atoms with Gasteiger partial charge in [-0.15, -0.1) is 0 Å². The van der Waals surface area contributed by atoms with Crippen molar-refractivity contribution in [1.29, 1.82) is 0 Å². The number of imidazole rings is 1. The van der Waals surface area contributed by atoms with E-state index in [4.69, 9.17) is 0 Å². The van der Waals surface area contributed by atoms with E-state index in [1.54, 1.807) is 0 Å². The highest BCUT2D eigenvalue weighted by atomic mass is 16.1. The van der Waals surface area contributed by atoms with Crippen LogP contribution in [0.2, 0.25) is 0 Å². The SMILES string of the molecule is CC(C)c1ncc2ccc(CC=O)cn12. The first-order chi connectivity index (χ1) is 7.22. The van der Waals surface area contributed by atoms with Crippen molar-refractivity contribution in [2.24, 2.45) is 0 Å². The molecule has 0 unspecified atom stereocenters. The minimum Gasteiger partial charge on any atom is -0.303 e. The molecule has 2 aromatic rings. The molecule has 0 N–H and O–H groups in total. The van der Waals surface area contributed by atoms with E-state index >= 15 is 0 Å². The number of carbonyl (C=O) groups is 1. The van der Waals surface area contributed by atoms with E-state index in [-0.39, 0.29) is 0 Å². The van der Waals surface area contributed by atoms with Gasteiger partial charge in [0.05, 0.1) is 11.7 Å². The Hall–Kier alpha value is -1.64. The van der Waals surface area contributed by atoms with Crippen LogP contribution in [0.15, 0.2) is 24.5 Å². The Kier molecular flexibility index (Phi) is 2.54. The predicted molar refractivity (Wildman–Crippen MR) is 59.0 cm³/mol. The van der Waals surface area contributed by atoms with Crippen LogP contribution in [0.4, 0.5) is 0 Å². The van der Waals surface area contributed by atoms with E-state index in [0.717, 1.165) is 23.2 Å². The summed E-state index contributed by atoms with van der Waals surface area (Å²) in [6.45, 7) is 4.22. The van der Waals surface area contributed by atoms with Crippen LogP contribution in [0.3, 0.4) is 0 Å². The largest absolute Gasteiger partial charge is 0.303 e. The van der Waals surface area contributed by atoms with Crippen molar-refractivity contribution < 1.29 is 4.79 Å². The van der Waals surface area contributed by atoms with Gasteiger partial charge >= 0.3 is 0 Å². The number of fused-ring (bicyclic) bond motifs is 1. The van der Waals surface area contributed by atoms with Gasteiger partial charge in [-0.3, -0.25) is 0 Å². The van der Waals surface area contributed by atoms with Crippen LogP contribution >= 0.6 is 0 Å². The topological polar surface area (TPSA) is 34.4 Å². The summed E-state index contributed by atoms with van der Waals surface area (Å²) in [5.74, 6) is 1.43. The van der Waals surface area contributed by atoms with Crippen LogP contribution < -0.4 is 0 Å². The zero-order chi connectivity index (χ0) is 10.8. The highest BCUT2D eigenvalue weighted by Crippen LogP contribution is 2.16. The molecule has 15 heavy (non-hydrogen) atoms. The summed E-state index contributed by atoms with van der Waals surface area (Å²) in [6, 6.07) is 3.97. The summed E-state index contributed by atoms with van der Waals surface area (Å²) in [5, 5.41) is 0. The molecule has 0 atom stereocenters. The molecule has 3 heteroatoms. The Labute approximate surface area is 88.8 Å². The Morgan fingerprint density at radius 3 is 2.93 bits per heavy atom. The zero-order valence-corrected chi connectivity index (χ0v) is 8.97. The highest BCUT2D eigenvalue weighted by molar-refractivity contribution is 5.56. The number of rotatable bonds is 3. The molecule has 0 radical (unpaired) electrons. The Bertz CT molecular complexity index is 485. The Morgan fingerprint density at radius 2 is 2.27 bits per heavy atom. The molecule has 0 saturated heterocycles. The fourth-order valence-corrected chi connectivity index (χ4v) is 1.70. The molecule has 0 fully saturated rings. The van der Waals surface area contributed by atoms with Crippen molar-refractivity contribution in [1.82, 2.24) is 9.38 Å². The van der Waals surface area contributed by atoms with Gasteiger partial charge in [-0.2, -0.15) is 0 Å². The minimum atomic E-state index is 0.388. The fourth-order valence-electron chi connectivity index (χ4n) is 1.70. The third-order valence-electron chi connectivity index (χ3n) is 2.45. The number of nitrogens with zero attached hydrogens (tertiary/aromatic N) is 2. The van der Waals surface area contributed by atoms with Crippen LogP contribution in [-0.4, -0.2) is 15.7 Å². The molecular formula is C12H14N2O. The van der Waals surface area contributed by atoms with Crippen molar-refractivity contribution in [3.8, 4) is 0 Å². The summed E-state index contributed by atoms with van der Waals surface area (Å²) in [5.41, 5.74) is 2.10. The summed E-state index contributed by atoms with van der Waals surface area (Å²) < 4.78 is 2.06. The zero-order valence-electron chi connectivity index (χ0n) is 8.97. The molecule has 0 aliphatic rings. The van der Waals surface area contributed by atoms with E-state index in [2.05, 4.69) is 23.2 Å². The molecular weight excluding hydrogens is 188 g/mol. The number of hydrogen-bond acceptors (Lipinski definition) is 2. The Morgan fingerprint density at radius 1 is 1.47 bits per heavy atom. The van der Waals surface area contributed by atoms with E-state index < -0.39 is 0 Å². The summed E-state index contributed by atoms with van der Waals surface area (Å²) in [6.07, 6.45) is 5.24. The summed E-state index contributed by atoms with van der Waals surface area (Å²) >= 11 is 0. The smallest absolute Gasteiger partial charge is 0.124 e. The highest BCUT2D eigenvalue weighted by Gasteiger charge is 2.07. The van der Waals surface area contributed by atoms with Crippen LogP contribution in [0.1, 0.15) is 31.2 Å². The van der Waals surface area contributed by atoms with Gasteiger partial charge in [0.2, 0.25) is 0 Å². The van der Waals surface area contributed by atoms with Crippen molar-refractivity contribution in [3.63, 3.8) is 0 Å². The van der Waals surface area contributed by atoms with Crippen LogP contribution in [0, 0.1) is 0 Å². The lowest BCUT2D eigenvalue weighted by atomic mass is 10.2. The molecule has 3 nitrogen and oxygen atoms in total. The van der Waals surface area contributed by atoms with Gasteiger partial charge in [0.25, 0.3) is 0 Å². The summed E-state index contributed by atoms with van der Waals surface area (Å²) in [7, 11) is 0. The third kappa shape index (κ3) is 1.77. The Balaban J connectivity index is 2.56. The number of pyridine rings is 1. The first-order valence-electron chi connectivity index (χ1n) is 5.12. The lowest BCUT2D eigenvalue weighted by Gasteiger charge is -2.05. The maximum absolute atomic E-state index is 10.4. The molecule has 0 aromatic carbocycles. The molecule has 0 aliphatic heterocycles. The minimum absolute atomic E-state index is 0.388. The van der Waals surface area contributed by atoms with Crippen molar-refractivity contribution in [2.75, 3.05) is 0 Å². The monoisotopic (exact) mass is 202 g/mol. The second-order valence-electron chi connectivity index (χ2n) is 3.97. The average molecular weight is 202 g/mol. The first-order valence-corrected chi connectivity index (χ1v) is 5.12. The van der Waals surface area contributed by atoms with Gasteiger partial charge in [0.15, 0.2) is 0 Å². The van der Waals surface area contributed by atoms with E-state index in [1.165, 1.54) is 0 Å². The van der Waals surface area contributed by atoms with Crippen LogP contribution in [-0.2, 0) is 11.2 Å². The van der Waals surface area contributed by atoms with Gasteiger partial charge < -0.3 is 9.20 Å². The van der Waals surface area contributed by atoms with E-state index in [9.17, 15) is 4.79 Å². The lowest BCUT2D eigenvalue weighted by molar-refractivity contribution is -0.107. The second kappa shape index (κ2) is 3.85. The van der Waals surface area contributed by atoms with Gasteiger partial charge in [-0.1, -0.05) is 19.9 Å². The van der Waals surface area contributed by atoms with Crippen molar-refractivity contribution in [3.05, 3.63) is 35.9 Å². The fraction of sp³-hybridized carbons (Fsp3) is 0.333. The van der Waals surface area contributed by atoms with Crippen molar-refractivity contribution in [2.45, 2.75) is 26.2 Å². The quantitative estimate of drug-likeness (QED) is 0.715. The molecule has 0 bridgehead atoms. The van der Waals surface area contributed by atoms with Crippen LogP contribution in [0.5, 0.6) is 0 Å². The predicted octanol–water partition coefficient (Wildman–Crippen LogP) is 2.20. The van der Waals surface area contributed by atoms with Gasteiger partial charge in [0, 0.05) is 18.5 Å². The number of aldehydes is 1.